The maximum absolute atomic E-state index is 12.5. The number of aromatic nitrogens is 1. The summed E-state index contributed by atoms with van der Waals surface area (Å²) in [5.41, 5.74) is -0.222. The Hall–Kier alpha value is -1.66. The number of aliphatic hydroxyl groups excluding tert-OH is 1. The molecule has 0 spiro atoms. The fourth-order valence-corrected chi connectivity index (χ4v) is 2.14. The normalized spacial score (nSPS) is 12.2. The molecule has 6 heteroatoms. The van der Waals surface area contributed by atoms with Gasteiger partial charge in [0.15, 0.2) is 0 Å². The second kappa shape index (κ2) is 5.54. The molecule has 0 radical (unpaired) electrons. The summed E-state index contributed by atoms with van der Waals surface area (Å²) >= 11 is 1.29. The maximum Gasteiger partial charge on any atom is 0.416 e. The summed E-state index contributed by atoms with van der Waals surface area (Å²) < 4.78 is 37.6. The summed E-state index contributed by atoms with van der Waals surface area (Å²) in [5.74, 6) is 0. The number of aliphatic hydroxyl groups is 1. The lowest BCUT2D eigenvalue weighted by Crippen LogP contribution is -2.04. The molecule has 0 saturated carbocycles. The van der Waals surface area contributed by atoms with Crippen molar-refractivity contribution in [3.63, 3.8) is 0 Å². The lowest BCUT2D eigenvalue weighted by atomic mass is 10.1. The molecule has 0 atom stereocenters. The lowest BCUT2D eigenvalue weighted by Gasteiger charge is -2.06. The van der Waals surface area contributed by atoms with Crippen LogP contribution in [0, 0.1) is 0 Å². The highest BCUT2D eigenvalue weighted by molar-refractivity contribution is 7.12. The predicted molar refractivity (Wildman–Crippen MR) is 68.4 cm³/mol. The third kappa shape index (κ3) is 3.65. The van der Waals surface area contributed by atoms with E-state index in [2.05, 4.69) is 4.98 Å². The van der Waals surface area contributed by atoms with E-state index in [1.54, 1.807) is 18.2 Å². The standard InChI is InChI=1S/C13H10F3NOS/c14-13(15,16)10-3-1-2-9(6-10)4-5-12-17-7-11(8-18)19-12/h1-7,18H,8H2. The molecule has 0 aliphatic rings. The molecule has 0 fully saturated rings. The van der Waals surface area contributed by atoms with Crippen molar-refractivity contribution in [3.8, 4) is 0 Å². The van der Waals surface area contributed by atoms with Crippen LogP contribution in [0.15, 0.2) is 30.5 Å². The zero-order chi connectivity index (χ0) is 13.9. The van der Waals surface area contributed by atoms with E-state index in [0.717, 1.165) is 12.1 Å². The topological polar surface area (TPSA) is 33.1 Å². The molecule has 0 unspecified atom stereocenters. The van der Waals surface area contributed by atoms with Crippen LogP contribution in [0.3, 0.4) is 0 Å². The Morgan fingerprint density at radius 1 is 1.26 bits per heavy atom. The third-order valence-electron chi connectivity index (χ3n) is 2.36. The number of halogens is 3. The fraction of sp³-hybridized carbons (Fsp3) is 0.154. The van der Waals surface area contributed by atoms with Crippen molar-refractivity contribution in [2.24, 2.45) is 0 Å². The van der Waals surface area contributed by atoms with Crippen LogP contribution < -0.4 is 0 Å². The van der Waals surface area contributed by atoms with Crippen LogP contribution in [-0.2, 0) is 12.8 Å². The van der Waals surface area contributed by atoms with Gasteiger partial charge in [-0.3, -0.25) is 0 Å². The highest BCUT2D eigenvalue weighted by Crippen LogP contribution is 2.29. The molecule has 19 heavy (non-hydrogen) atoms. The van der Waals surface area contributed by atoms with Crippen molar-refractivity contribution in [2.75, 3.05) is 0 Å². The summed E-state index contributed by atoms with van der Waals surface area (Å²) in [6, 6.07) is 5.07. The molecule has 0 aliphatic heterocycles. The van der Waals surface area contributed by atoms with Gasteiger partial charge in [-0.15, -0.1) is 11.3 Å². The van der Waals surface area contributed by atoms with Crippen molar-refractivity contribution in [2.45, 2.75) is 12.8 Å². The van der Waals surface area contributed by atoms with E-state index in [1.807, 2.05) is 0 Å². The number of alkyl halides is 3. The molecule has 2 rings (SSSR count). The Kier molecular flexibility index (Phi) is 4.01. The summed E-state index contributed by atoms with van der Waals surface area (Å²) in [6.45, 7) is -0.0882. The SMILES string of the molecule is OCc1cnc(C=Cc2cccc(C(F)(F)F)c2)s1. The Balaban J connectivity index is 2.19. The number of benzene rings is 1. The average Bonchev–Trinajstić information content (AvgIpc) is 2.84. The van der Waals surface area contributed by atoms with Gasteiger partial charge < -0.3 is 5.11 Å². The van der Waals surface area contributed by atoms with Gasteiger partial charge in [-0.05, 0) is 23.8 Å². The molecule has 0 amide bonds. The maximum atomic E-state index is 12.5. The molecule has 2 nitrogen and oxygen atoms in total. The van der Waals surface area contributed by atoms with Gasteiger partial charge in [0.05, 0.1) is 17.0 Å². The van der Waals surface area contributed by atoms with E-state index in [4.69, 9.17) is 5.11 Å². The predicted octanol–water partition coefficient (Wildman–Crippen LogP) is 3.82. The van der Waals surface area contributed by atoms with Crippen LogP contribution >= 0.6 is 11.3 Å². The number of rotatable bonds is 3. The summed E-state index contributed by atoms with van der Waals surface area (Å²) in [5, 5.41) is 9.52. The van der Waals surface area contributed by atoms with E-state index in [9.17, 15) is 13.2 Å². The zero-order valence-electron chi connectivity index (χ0n) is 9.69. The lowest BCUT2D eigenvalue weighted by molar-refractivity contribution is -0.137. The van der Waals surface area contributed by atoms with Crippen LogP contribution in [0.5, 0.6) is 0 Å². The first kappa shape index (κ1) is 13.8. The van der Waals surface area contributed by atoms with Crippen molar-refractivity contribution < 1.29 is 18.3 Å². The first-order valence-electron chi connectivity index (χ1n) is 5.40. The van der Waals surface area contributed by atoms with Crippen LogP contribution in [0.1, 0.15) is 21.0 Å². The van der Waals surface area contributed by atoms with Crippen molar-refractivity contribution in [1.29, 1.82) is 0 Å². The van der Waals surface area contributed by atoms with Crippen molar-refractivity contribution in [1.82, 2.24) is 4.98 Å². The summed E-state index contributed by atoms with van der Waals surface area (Å²) in [6.07, 6.45) is 0.389. The van der Waals surface area contributed by atoms with Gasteiger partial charge in [-0.25, -0.2) is 4.98 Å². The highest BCUT2D eigenvalue weighted by atomic mass is 32.1. The molecular weight excluding hydrogens is 275 g/mol. The van der Waals surface area contributed by atoms with Gasteiger partial charge in [-0.2, -0.15) is 13.2 Å². The first-order chi connectivity index (χ1) is 8.99. The minimum absolute atomic E-state index is 0.0882. The molecule has 0 aliphatic carbocycles. The molecule has 1 heterocycles. The van der Waals surface area contributed by atoms with Gasteiger partial charge in [0.2, 0.25) is 0 Å². The van der Waals surface area contributed by atoms with Crippen LogP contribution in [0.25, 0.3) is 12.2 Å². The molecular formula is C13H10F3NOS. The van der Waals surface area contributed by atoms with Crippen LogP contribution in [0.4, 0.5) is 13.2 Å². The van der Waals surface area contributed by atoms with E-state index in [1.165, 1.54) is 23.6 Å². The number of nitrogens with zero attached hydrogens (tertiary/aromatic N) is 1. The number of hydrogen-bond acceptors (Lipinski definition) is 3. The summed E-state index contributed by atoms with van der Waals surface area (Å²) in [7, 11) is 0. The largest absolute Gasteiger partial charge is 0.416 e. The summed E-state index contributed by atoms with van der Waals surface area (Å²) in [4.78, 5) is 4.73. The molecule has 0 saturated heterocycles. The van der Waals surface area contributed by atoms with Gasteiger partial charge >= 0.3 is 6.18 Å². The van der Waals surface area contributed by atoms with Gasteiger partial charge in [-0.1, -0.05) is 18.2 Å². The molecule has 1 N–H and O–H groups in total. The van der Waals surface area contributed by atoms with Crippen LogP contribution in [0.2, 0.25) is 0 Å². The van der Waals surface area contributed by atoms with Gasteiger partial charge in [0, 0.05) is 6.20 Å². The fourth-order valence-electron chi connectivity index (χ4n) is 1.46. The Morgan fingerprint density at radius 3 is 2.68 bits per heavy atom. The monoisotopic (exact) mass is 285 g/mol. The Bertz CT molecular complexity index is 590. The third-order valence-corrected chi connectivity index (χ3v) is 3.31. The van der Waals surface area contributed by atoms with Gasteiger partial charge in [0.1, 0.15) is 5.01 Å². The van der Waals surface area contributed by atoms with E-state index < -0.39 is 11.7 Å². The highest BCUT2D eigenvalue weighted by Gasteiger charge is 2.30. The first-order valence-corrected chi connectivity index (χ1v) is 6.21. The zero-order valence-corrected chi connectivity index (χ0v) is 10.5. The smallest absolute Gasteiger partial charge is 0.391 e. The van der Waals surface area contributed by atoms with Crippen LogP contribution in [-0.4, -0.2) is 10.1 Å². The Labute approximate surface area is 111 Å². The molecule has 1 aromatic carbocycles. The average molecular weight is 285 g/mol. The van der Waals surface area contributed by atoms with E-state index in [0.29, 0.717) is 15.4 Å². The molecule has 2 aromatic rings. The van der Waals surface area contributed by atoms with E-state index >= 15 is 0 Å². The quantitative estimate of drug-likeness (QED) is 0.930. The molecule has 1 aromatic heterocycles. The molecule has 0 bridgehead atoms. The minimum atomic E-state index is -4.34. The second-order valence-corrected chi connectivity index (χ2v) is 4.93. The van der Waals surface area contributed by atoms with Crippen molar-refractivity contribution in [3.05, 3.63) is 51.5 Å². The minimum Gasteiger partial charge on any atom is -0.391 e. The second-order valence-electron chi connectivity index (χ2n) is 3.78. The number of thiazole rings is 1. The van der Waals surface area contributed by atoms with Gasteiger partial charge in [0.25, 0.3) is 0 Å². The Morgan fingerprint density at radius 2 is 2.05 bits per heavy atom. The number of hydrogen-bond donors (Lipinski definition) is 1. The van der Waals surface area contributed by atoms with E-state index in [-0.39, 0.29) is 6.61 Å². The molecule has 100 valence electrons. The van der Waals surface area contributed by atoms with Crippen molar-refractivity contribution >= 4 is 23.5 Å².